The van der Waals surface area contributed by atoms with E-state index in [1.54, 1.807) is 17.7 Å². The summed E-state index contributed by atoms with van der Waals surface area (Å²) >= 11 is 1.71. The van der Waals surface area contributed by atoms with Gasteiger partial charge in [-0.2, -0.15) is 0 Å². The predicted molar refractivity (Wildman–Crippen MR) is 117 cm³/mol. The van der Waals surface area contributed by atoms with E-state index in [1.807, 2.05) is 13.2 Å². The Kier molecular flexibility index (Phi) is 4.27. The van der Waals surface area contributed by atoms with Crippen molar-refractivity contribution in [3.05, 3.63) is 72.7 Å². The fourth-order valence-corrected chi connectivity index (χ4v) is 4.41. The molecule has 0 atom stereocenters. The molecule has 0 spiro atoms. The van der Waals surface area contributed by atoms with E-state index in [4.69, 9.17) is 0 Å². The highest BCUT2D eigenvalue weighted by molar-refractivity contribution is 7.22. The number of fused-ring (bicyclic) bond motifs is 2. The van der Waals surface area contributed by atoms with Gasteiger partial charge in [-0.1, -0.05) is 24.3 Å². The van der Waals surface area contributed by atoms with Crippen LogP contribution < -0.4 is 10.6 Å². The molecule has 0 amide bonds. The summed E-state index contributed by atoms with van der Waals surface area (Å²) in [6, 6.07) is 19.1. The van der Waals surface area contributed by atoms with Crippen LogP contribution in [0.4, 0.5) is 11.5 Å². The quantitative estimate of drug-likeness (QED) is 0.384. The molecule has 3 aromatic heterocycles. The summed E-state index contributed by atoms with van der Waals surface area (Å²) in [6.07, 6.45) is 3.57. The van der Waals surface area contributed by atoms with Crippen molar-refractivity contribution in [1.82, 2.24) is 20.3 Å². The Bertz CT molecular complexity index is 1250. The Morgan fingerprint density at radius 2 is 1.89 bits per heavy atom. The molecule has 0 saturated heterocycles. The molecule has 3 heterocycles. The first kappa shape index (κ1) is 16.9. The summed E-state index contributed by atoms with van der Waals surface area (Å²) in [5, 5.41) is 7.81. The van der Waals surface area contributed by atoms with E-state index in [9.17, 15) is 0 Å². The van der Waals surface area contributed by atoms with Gasteiger partial charge in [0.2, 0.25) is 0 Å². The highest BCUT2D eigenvalue weighted by Crippen LogP contribution is 2.36. The Balaban J connectivity index is 1.49. The number of thiophene rings is 1. The number of aromatic nitrogens is 3. The van der Waals surface area contributed by atoms with Gasteiger partial charge in [0.1, 0.15) is 6.33 Å². The SMILES string of the molecule is CNCc1ccc(-c2cc3ncnc(Nc4ccc5[nH]ccc5c4)c3s2)cc1. The lowest BCUT2D eigenvalue weighted by Gasteiger charge is -2.06. The van der Waals surface area contributed by atoms with E-state index in [-0.39, 0.29) is 0 Å². The van der Waals surface area contributed by atoms with E-state index in [2.05, 4.69) is 80.2 Å². The van der Waals surface area contributed by atoms with Crippen LogP contribution in [0, 0.1) is 0 Å². The molecule has 0 saturated carbocycles. The summed E-state index contributed by atoms with van der Waals surface area (Å²) in [5.41, 5.74) is 5.56. The van der Waals surface area contributed by atoms with E-state index in [0.29, 0.717) is 0 Å². The molecule has 0 aliphatic heterocycles. The molecule has 28 heavy (non-hydrogen) atoms. The fourth-order valence-electron chi connectivity index (χ4n) is 3.34. The molecule has 0 aliphatic carbocycles. The maximum Gasteiger partial charge on any atom is 0.151 e. The number of nitrogens with one attached hydrogen (secondary N) is 3. The van der Waals surface area contributed by atoms with E-state index in [0.717, 1.165) is 33.8 Å². The lowest BCUT2D eigenvalue weighted by atomic mass is 10.1. The summed E-state index contributed by atoms with van der Waals surface area (Å²) in [7, 11) is 1.96. The van der Waals surface area contributed by atoms with Crippen molar-refractivity contribution in [2.24, 2.45) is 0 Å². The first-order valence-corrected chi connectivity index (χ1v) is 9.94. The second-order valence-electron chi connectivity index (χ2n) is 6.68. The Labute approximate surface area is 166 Å². The third kappa shape index (κ3) is 3.13. The van der Waals surface area contributed by atoms with Crippen molar-refractivity contribution < 1.29 is 0 Å². The average molecular weight is 385 g/mol. The van der Waals surface area contributed by atoms with Crippen LogP contribution >= 0.6 is 11.3 Å². The molecule has 0 aliphatic rings. The van der Waals surface area contributed by atoms with Crippen LogP contribution in [0.3, 0.4) is 0 Å². The third-order valence-electron chi connectivity index (χ3n) is 4.75. The third-order valence-corrected chi connectivity index (χ3v) is 5.93. The summed E-state index contributed by atoms with van der Waals surface area (Å²) in [4.78, 5) is 13.4. The zero-order valence-corrected chi connectivity index (χ0v) is 16.2. The predicted octanol–water partition coefficient (Wildman–Crippen LogP) is 5.30. The topological polar surface area (TPSA) is 65.6 Å². The molecule has 3 N–H and O–H groups in total. The molecular weight excluding hydrogens is 366 g/mol. The zero-order chi connectivity index (χ0) is 18.9. The number of hydrogen-bond acceptors (Lipinski definition) is 5. The van der Waals surface area contributed by atoms with E-state index in [1.165, 1.54) is 21.4 Å². The van der Waals surface area contributed by atoms with Crippen molar-refractivity contribution in [3.63, 3.8) is 0 Å². The number of hydrogen-bond donors (Lipinski definition) is 3. The standard InChI is InChI=1S/C22H19N5S/c1-23-12-14-2-4-15(5-3-14)20-11-19-21(28-20)22(26-13-25-19)27-17-6-7-18-16(10-17)8-9-24-18/h2-11,13,23-24H,12H2,1H3,(H,25,26,27). The van der Waals surface area contributed by atoms with Gasteiger partial charge in [0.05, 0.1) is 10.2 Å². The highest BCUT2D eigenvalue weighted by atomic mass is 32.1. The first-order chi connectivity index (χ1) is 13.8. The van der Waals surface area contributed by atoms with Gasteiger partial charge >= 0.3 is 0 Å². The second kappa shape index (κ2) is 7.07. The number of benzene rings is 2. The number of anilines is 2. The van der Waals surface area contributed by atoms with Crippen LogP contribution in [0.15, 0.2) is 67.1 Å². The highest BCUT2D eigenvalue weighted by Gasteiger charge is 2.11. The van der Waals surface area contributed by atoms with Crippen molar-refractivity contribution in [2.45, 2.75) is 6.54 Å². The van der Waals surface area contributed by atoms with Crippen LogP contribution in [-0.2, 0) is 6.54 Å². The molecule has 0 unspecified atom stereocenters. The second-order valence-corrected chi connectivity index (χ2v) is 7.73. The van der Waals surface area contributed by atoms with Gasteiger partial charge in [0.15, 0.2) is 5.82 Å². The van der Waals surface area contributed by atoms with E-state index < -0.39 is 0 Å². The van der Waals surface area contributed by atoms with Crippen LogP contribution in [-0.4, -0.2) is 22.0 Å². The van der Waals surface area contributed by atoms with Crippen molar-refractivity contribution >= 4 is 44.0 Å². The molecule has 5 rings (SSSR count). The molecule has 2 aromatic carbocycles. The molecule has 5 nitrogen and oxygen atoms in total. The number of H-pyrrole nitrogens is 1. The van der Waals surface area contributed by atoms with Gasteiger partial charge in [0, 0.05) is 34.2 Å². The molecule has 6 heteroatoms. The summed E-state index contributed by atoms with van der Waals surface area (Å²) < 4.78 is 1.06. The average Bonchev–Trinajstić information content (AvgIpc) is 3.36. The minimum absolute atomic E-state index is 0.836. The fraction of sp³-hybridized carbons (Fsp3) is 0.0909. The van der Waals surface area contributed by atoms with Gasteiger partial charge in [-0.25, -0.2) is 9.97 Å². The molecule has 0 bridgehead atoms. The van der Waals surface area contributed by atoms with Gasteiger partial charge in [-0.3, -0.25) is 0 Å². The number of nitrogens with zero attached hydrogens (tertiary/aromatic N) is 2. The molecule has 138 valence electrons. The van der Waals surface area contributed by atoms with Crippen molar-refractivity contribution in [3.8, 4) is 10.4 Å². The van der Waals surface area contributed by atoms with Gasteiger partial charge in [-0.15, -0.1) is 11.3 Å². The monoisotopic (exact) mass is 385 g/mol. The van der Waals surface area contributed by atoms with Crippen molar-refractivity contribution in [1.29, 1.82) is 0 Å². The maximum atomic E-state index is 4.49. The van der Waals surface area contributed by atoms with Crippen LogP contribution in [0.25, 0.3) is 31.6 Å². The normalized spacial score (nSPS) is 11.3. The van der Waals surface area contributed by atoms with Crippen molar-refractivity contribution in [2.75, 3.05) is 12.4 Å². The maximum absolute atomic E-state index is 4.49. The zero-order valence-electron chi connectivity index (χ0n) is 15.4. The Morgan fingerprint density at radius 1 is 1.00 bits per heavy atom. The van der Waals surface area contributed by atoms with Gasteiger partial charge < -0.3 is 15.6 Å². The molecule has 0 fully saturated rings. The lowest BCUT2D eigenvalue weighted by Crippen LogP contribution is -2.04. The molecule has 5 aromatic rings. The lowest BCUT2D eigenvalue weighted by molar-refractivity contribution is 0.818. The van der Waals surface area contributed by atoms with Gasteiger partial charge in [-0.05, 0) is 48.5 Å². The van der Waals surface area contributed by atoms with Crippen LogP contribution in [0.1, 0.15) is 5.56 Å². The molecular formula is C22H19N5S. The largest absolute Gasteiger partial charge is 0.361 e. The van der Waals surface area contributed by atoms with Gasteiger partial charge in [0.25, 0.3) is 0 Å². The molecule has 0 radical (unpaired) electrons. The summed E-state index contributed by atoms with van der Waals surface area (Å²) in [5.74, 6) is 0.836. The Morgan fingerprint density at radius 3 is 2.75 bits per heavy atom. The van der Waals surface area contributed by atoms with Crippen LogP contribution in [0.5, 0.6) is 0 Å². The Hall–Kier alpha value is -3.22. The first-order valence-electron chi connectivity index (χ1n) is 9.13. The number of aromatic amines is 1. The van der Waals surface area contributed by atoms with E-state index >= 15 is 0 Å². The minimum atomic E-state index is 0.836. The smallest absolute Gasteiger partial charge is 0.151 e. The summed E-state index contributed by atoms with van der Waals surface area (Å²) in [6.45, 7) is 0.873. The minimum Gasteiger partial charge on any atom is -0.361 e. The van der Waals surface area contributed by atoms with Crippen LogP contribution in [0.2, 0.25) is 0 Å². The number of rotatable bonds is 5.